The molecule has 9 nitrogen and oxygen atoms in total. The number of benzene rings is 2. The predicted octanol–water partition coefficient (Wildman–Crippen LogP) is 3.63. The van der Waals surface area contributed by atoms with Crippen molar-refractivity contribution in [1.29, 1.82) is 0 Å². The summed E-state index contributed by atoms with van der Waals surface area (Å²) in [7, 11) is 3.00. The number of hydrogen-bond donors (Lipinski definition) is 1. The average Bonchev–Trinajstić information content (AvgIpc) is 3.18. The van der Waals surface area contributed by atoms with Gasteiger partial charge in [-0.05, 0) is 36.8 Å². The van der Waals surface area contributed by atoms with E-state index in [1.54, 1.807) is 70.6 Å². The lowest BCUT2D eigenvalue weighted by molar-refractivity contribution is -0.116. The number of pyridine rings is 1. The van der Waals surface area contributed by atoms with E-state index in [0.717, 1.165) is 0 Å². The third-order valence-corrected chi connectivity index (χ3v) is 6.22. The molecule has 0 saturated heterocycles. The fraction of sp³-hybridized carbons (Fsp3) is 0.231. The van der Waals surface area contributed by atoms with Crippen molar-refractivity contribution in [3.63, 3.8) is 0 Å². The highest BCUT2D eigenvalue weighted by atomic mass is 16.5. The number of amides is 3. The summed E-state index contributed by atoms with van der Waals surface area (Å²) in [6.45, 7) is 0.283. The van der Waals surface area contributed by atoms with E-state index in [0.29, 0.717) is 46.1 Å². The molecule has 178 valence electrons. The van der Waals surface area contributed by atoms with E-state index >= 15 is 0 Å². The molecule has 1 N–H and O–H groups in total. The molecule has 0 saturated carbocycles. The number of carbonyl (C=O) groups excluding carboxylic acids is 3. The van der Waals surface area contributed by atoms with Crippen LogP contribution in [0, 0.1) is 0 Å². The van der Waals surface area contributed by atoms with Crippen LogP contribution in [-0.2, 0) is 4.79 Å². The number of methoxy groups -OCH3 is 2. The molecule has 9 heteroatoms. The zero-order valence-corrected chi connectivity index (χ0v) is 19.4. The molecule has 2 aromatic carbocycles. The number of fused-ring (bicyclic) bond motifs is 5. The molecule has 0 spiro atoms. The zero-order chi connectivity index (χ0) is 24.5. The summed E-state index contributed by atoms with van der Waals surface area (Å²) in [6.07, 6.45) is 1.57. The highest BCUT2D eigenvalue weighted by Gasteiger charge is 2.49. The summed E-state index contributed by atoms with van der Waals surface area (Å²) in [6, 6.07) is 15.9. The van der Waals surface area contributed by atoms with E-state index < -0.39 is 6.17 Å². The predicted molar refractivity (Wildman–Crippen MR) is 129 cm³/mol. The Kier molecular flexibility index (Phi) is 5.82. The summed E-state index contributed by atoms with van der Waals surface area (Å²) < 4.78 is 10.9. The highest BCUT2D eigenvalue weighted by Crippen LogP contribution is 2.49. The van der Waals surface area contributed by atoms with Gasteiger partial charge in [-0.25, -0.2) is 4.98 Å². The second-order valence-electron chi connectivity index (χ2n) is 8.20. The molecule has 1 atom stereocenters. The normalized spacial score (nSPS) is 15.9. The Morgan fingerprint density at radius 3 is 2.54 bits per heavy atom. The number of aromatic nitrogens is 1. The van der Waals surface area contributed by atoms with Crippen molar-refractivity contribution in [2.24, 2.45) is 0 Å². The van der Waals surface area contributed by atoms with E-state index in [-0.39, 0.29) is 30.7 Å². The summed E-state index contributed by atoms with van der Waals surface area (Å²) >= 11 is 0. The van der Waals surface area contributed by atoms with Crippen molar-refractivity contribution in [2.45, 2.75) is 19.0 Å². The molecule has 3 heterocycles. The van der Waals surface area contributed by atoms with Crippen LogP contribution in [0.2, 0.25) is 0 Å². The minimum Gasteiger partial charge on any atom is -0.493 e. The minimum absolute atomic E-state index is 0.192. The van der Waals surface area contributed by atoms with Crippen LogP contribution >= 0.6 is 0 Å². The topological polar surface area (TPSA) is 101 Å². The lowest BCUT2D eigenvalue weighted by Crippen LogP contribution is -2.48. The number of para-hydroxylation sites is 1. The first-order valence-corrected chi connectivity index (χ1v) is 11.2. The van der Waals surface area contributed by atoms with Gasteiger partial charge in [0.15, 0.2) is 11.5 Å². The average molecular weight is 473 g/mol. The summed E-state index contributed by atoms with van der Waals surface area (Å²) in [4.78, 5) is 47.0. The summed E-state index contributed by atoms with van der Waals surface area (Å²) in [5, 5.41) is 2.75. The van der Waals surface area contributed by atoms with Crippen LogP contribution in [0.3, 0.4) is 0 Å². The summed E-state index contributed by atoms with van der Waals surface area (Å²) in [5.41, 5.74) is 2.02. The molecule has 0 fully saturated rings. The van der Waals surface area contributed by atoms with Gasteiger partial charge < -0.3 is 19.7 Å². The molecule has 2 aliphatic heterocycles. The van der Waals surface area contributed by atoms with Crippen LogP contribution in [-0.4, -0.2) is 48.4 Å². The van der Waals surface area contributed by atoms with Crippen LogP contribution < -0.4 is 19.7 Å². The van der Waals surface area contributed by atoms with Crippen LogP contribution in [0.25, 0.3) is 0 Å². The van der Waals surface area contributed by atoms with Crippen LogP contribution in [0.5, 0.6) is 11.5 Å². The van der Waals surface area contributed by atoms with Crippen molar-refractivity contribution < 1.29 is 23.9 Å². The number of hydrogen-bond acceptors (Lipinski definition) is 6. The maximum atomic E-state index is 13.7. The second kappa shape index (κ2) is 9.09. The number of nitrogens with zero attached hydrogens (tertiary/aromatic N) is 3. The van der Waals surface area contributed by atoms with Gasteiger partial charge in [-0.1, -0.05) is 24.3 Å². The number of anilines is 2. The van der Waals surface area contributed by atoms with Crippen LogP contribution in [0.1, 0.15) is 45.3 Å². The zero-order valence-electron chi connectivity index (χ0n) is 19.4. The van der Waals surface area contributed by atoms with Gasteiger partial charge in [0.05, 0.1) is 31.0 Å². The van der Waals surface area contributed by atoms with Gasteiger partial charge in [0, 0.05) is 24.7 Å². The molecule has 35 heavy (non-hydrogen) atoms. The molecule has 1 aromatic heterocycles. The van der Waals surface area contributed by atoms with Gasteiger partial charge in [0.25, 0.3) is 11.8 Å². The lowest BCUT2D eigenvalue weighted by atomic mass is 10.0. The monoisotopic (exact) mass is 472 g/mol. The van der Waals surface area contributed by atoms with Gasteiger partial charge in [0.2, 0.25) is 5.91 Å². The molecule has 3 aromatic rings. The Labute approximate surface area is 202 Å². The minimum atomic E-state index is -0.640. The van der Waals surface area contributed by atoms with Crippen molar-refractivity contribution >= 4 is 29.2 Å². The van der Waals surface area contributed by atoms with Gasteiger partial charge in [-0.2, -0.15) is 0 Å². The smallest absolute Gasteiger partial charge is 0.264 e. The van der Waals surface area contributed by atoms with Crippen LogP contribution in [0.15, 0.2) is 60.8 Å². The molecule has 0 radical (unpaired) electrons. The molecule has 0 bridgehead atoms. The maximum Gasteiger partial charge on any atom is 0.264 e. The quantitative estimate of drug-likeness (QED) is 0.564. The Hall–Kier alpha value is -4.40. The van der Waals surface area contributed by atoms with Gasteiger partial charge >= 0.3 is 0 Å². The van der Waals surface area contributed by atoms with Crippen molar-refractivity contribution in [3.8, 4) is 11.5 Å². The third kappa shape index (κ3) is 3.74. The third-order valence-electron chi connectivity index (χ3n) is 6.22. The first kappa shape index (κ1) is 22.4. The Morgan fingerprint density at radius 2 is 1.80 bits per heavy atom. The van der Waals surface area contributed by atoms with E-state index in [2.05, 4.69) is 10.3 Å². The fourth-order valence-electron chi connectivity index (χ4n) is 4.70. The molecule has 5 rings (SSSR count). The van der Waals surface area contributed by atoms with E-state index in [1.807, 2.05) is 0 Å². The molecule has 3 amide bonds. The fourth-order valence-corrected chi connectivity index (χ4v) is 4.70. The van der Waals surface area contributed by atoms with E-state index in [9.17, 15) is 14.4 Å². The Morgan fingerprint density at radius 1 is 1.00 bits per heavy atom. The highest BCUT2D eigenvalue weighted by molar-refractivity contribution is 6.18. The number of carbonyl (C=O) groups is 3. The van der Waals surface area contributed by atoms with Crippen LogP contribution in [0.4, 0.5) is 11.5 Å². The standard InChI is InChI=1S/C26H24N4O5/c1-34-19-13-12-17-22(23(19)35-2)26(33)30-18-9-4-3-8-16(18)25(32)29(24(17)30)15-7-11-21(31)28-20-10-5-6-14-27-20/h3-6,8-10,12-14,24H,7,11,15H2,1-2H3,(H,27,28,31). The number of rotatable bonds is 7. The van der Waals surface area contributed by atoms with Crippen molar-refractivity contribution in [1.82, 2.24) is 9.88 Å². The second-order valence-corrected chi connectivity index (χ2v) is 8.20. The van der Waals surface area contributed by atoms with Gasteiger partial charge in [-0.15, -0.1) is 0 Å². The molecular formula is C26H24N4O5. The Balaban J connectivity index is 1.45. The lowest BCUT2D eigenvalue weighted by Gasteiger charge is -2.41. The van der Waals surface area contributed by atoms with E-state index in [4.69, 9.17) is 9.47 Å². The first-order chi connectivity index (χ1) is 17.0. The molecular weight excluding hydrogens is 448 g/mol. The SMILES string of the molecule is COc1ccc2c(c1OC)C(=O)N1c3ccccc3C(=O)N(CCCC(=O)Nc3ccccn3)C21. The molecule has 0 aliphatic carbocycles. The number of nitrogens with one attached hydrogen (secondary N) is 1. The largest absolute Gasteiger partial charge is 0.493 e. The van der Waals surface area contributed by atoms with Gasteiger partial charge in [0.1, 0.15) is 12.0 Å². The van der Waals surface area contributed by atoms with Crippen molar-refractivity contribution in [3.05, 3.63) is 77.5 Å². The van der Waals surface area contributed by atoms with Crippen molar-refractivity contribution in [2.75, 3.05) is 31.0 Å². The maximum absolute atomic E-state index is 13.7. The summed E-state index contributed by atoms with van der Waals surface area (Å²) in [5.74, 6) is 0.601. The van der Waals surface area contributed by atoms with Gasteiger partial charge in [-0.3, -0.25) is 19.3 Å². The Bertz CT molecular complexity index is 1310. The first-order valence-electron chi connectivity index (χ1n) is 11.2. The molecule has 2 aliphatic rings. The molecule has 1 unspecified atom stereocenters. The number of ether oxygens (including phenoxy) is 2. The van der Waals surface area contributed by atoms with E-state index in [1.165, 1.54) is 14.2 Å².